The van der Waals surface area contributed by atoms with Crippen LogP contribution in [-0.4, -0.2) is 52.2 Å². The van der Waals surface area contributed by atoms with Gasteiger partial charge in [-0.1, -0.05) is 88.4 Å². The number of nitrogens with one attached hydrogen (secondary N) is 1. The van der Waals surface area contributed by atoms with E-state index in [4.69, 9.17) is 14.6 Å². The highest BCUT2D eigenvalue weighted by molar-refractivity contribution is 5.76. The third-order valence-corrected chi connectivity index (χ3v) is 10.8. The number of hydrogen-bond donors (Lipinski definition) is 3. The van der Waals surface area contributed by atoms with Gasteiger partial charge in [0.15, 0.2) is 6.29 Å². The molecule has 8 nitrogen and oxygen atoms in total. The number of aliphatic hydroxyl groups is 1. The van der Waals surface area contributed by atoms with Crippen molar-refractivity contribution in [3.63, 3.8) is 0 Å². The van der Waals surface area contributed by atoms with Gasteiger partial charge in [0, 0.05) is 50.0 Å². The Morgan fingerprint density at radius 2 is 1.63 bits per heavy atom. The number of rotatable bonds is 12. The van der Waals surface area contributed by atoms with Crippen LogP contribution < -0.4 is 5.32 Å². The van der Waals surface area contributed by atoms with Crippen LogP contribution in [0.25, 0.3) is 11.1 Å². The fourth-order valence-corrected chi connectivity index (χ4v) is 8.76. The second-order valence-electron chi connectivity index (χ2n) is 15.8. The monoisotopic (exact) mass is 668 g/mol. The predicted octanol–water partition coefficient (Wildman–Crippen LogP) is 7.41. The molecular formula is C41H52N2O6. The second kappa shape index (κ2) is 14.7. The lowest BCUT2D eigenvalue weighted by Gasteiger charge is -2.43. The van der Waals surface area contributed by atoms with E-state index < -0.39 is 12.3 Å². The van der Waals surface area contributed by atoms with Crippen molar-refractivity contribution >= 4 is 11.9 Å². The van der Waals surface area contributed by atoms with E-state index in [2.05, 4.69) is 80.4 Å². The van der Waals surface area contributed by atoms with Gasteiger partial charge < -0.3 is 25.0 Å². The molecule has 0 spiro atoms. The first-order valence-electron chi connectivity index (χ1n) is 17.8. The average molecular weight is 669 g/mol. The van der Waals surface area contributed by atoms with Crippen LogP contribution >= 0.6 is 0 Å². The smallest absolute Gasteiger partial charge is 0.303 e. The maximum absolute atomic E-state index is 12.2. The summed E-state index contributed by atoms with van der Waals surface area (Å²) in [5, 5.41) is 21.4. The van der Waals surface area contributed by atoms with Crippen LogP contribution in [0.3, 0.4) is 0 Å². The van der Waals surface area contributed by atoms with Gasteiger partial charge in [-0.2, -0.15) is 0 Å². The van der Waals surface area contributed by atoms with Gasteiger partial charge in [-0.15, -0.1) is 0 Å². The number of nitrogens with zero attached hydrogens (tertiary/aromatic N) is 1. The van der Waals surface area contributed by atoms with E-state index in [1.807, 2.05) is 30.3 Å². The largest absolute Gasteiger partial charge is 0.481 e. The standard InChI is InChI=1S/C41H52N2O6/c1-27-35(23-43-26-41(4)21-34(43)20-40(2,3)25-41)48-39(49-38(27)30-16-14-28(24-44)15-17-30)33-11-6-10-32(19-33)31-9-5-8-29(18-31)22-42-36(45)12-7-13-37(46)47/h5-6,8-11,14-19,27,34-35,38-39,44H,7,12-13,20-26H2,1-4H3,(H,42,45)(H,46,47). The van der Waals surface area contributed by atoms with Crippen molar-refractivity contribution in [3.8, 4) is 11.1 Å². The molecule has 2 bridgehead atoms. The maximum Gasteiger partial charge on any atom is 0.303 e. The van der Waals surface area contributed by atoms with E-state index in [0.29, 0.717) is 29.8 Å². The van der Waals surface area contributed by atoms with E-state index in [-0.39, 0.29) is 43.5 Å². The summed E-state index contributed by atoms with van der Waals surface area (Å²) in [6, 6.07) is 25.1. The summed E-state index contributed by atoms with van der Waals surface area (Å²) in [4.78, 5) is 25.7. The molecule has 1 aliphatic carbocycles. The number of hydrogen-bond acceptors (Lipinski definition) is 6. The maximum atomic E-state index is 12.2. The molecule has 3 aromatic carbocycles. The van der Waals surface area contributed by atoms with Gasteiger partial charge in [-0.25, -0.2) is 0 Å². The van der Waals surface area contributed by atoms with Gasteiger partial charge in [-0.05, 0) is 76.5 Å². The van der Waals surface area contributed by atoms with Crippen LogP contribution in [0.5, 0.6) is 0 Å². The molecule has 262 valence electrons. The summed E-state index contributed by atoms with van der Waals surface area (Å²) in [5.74, 6) is -0.923. The number of benzene rings is 3. The Kier molecular flexibility index (Phi) is 10.6. The highest BCUT2D eigenvalue weighted by Crippen LogP contribution is 2.53. The normalized spacial score (nSPS) is 27.9. The summed E-state index contributed by atoms with van der Waals surface area (Å²) in [6.45, 7) is 11.9. The van der Waals surface area contributed by atoms with Gasteiger partial charge in [0.2, 0.25) is 5.91 Å². The van der Waals surface area contributed by atoms with Gasteiger partial charge in [-0.3, -0.25) is 14.5 Å². The number of amides is 1. The topological polar surface area (TPSA) is 108 Å². The fraction of sp³-hybridized carbons (Fsp3) is 0.512. The summed E-state index contributed by atoms with van der Waals surface area (Å²) in [7, 11) is 0. The highest BCUT2D eigenvalue weighted by atomic mass is 16.7. The van der Waals surface area contributed by atoms with Crippen LogP contribution in [0.1, 0.15) is 101 Å². The van der Waals surface area contributed by atoms with Crippen LogP contribution in [0.4, 0.5) is 0 Å². The first-order valence-corrected chi connectivity index (χ1v) is 17.8. The minimum Gasteiger partial charge on any atom is -0.481 e. The van der Waals surface area contributed by atoms with Crippen molar-refractivity contribution in [1.82, 2.24) is 10.2 Å². The molecule has 6 atom stereocenters. The Bertz CT molecular complexity index is 1620. The number of carboxylic acid groups (broad SMARTS) is 1. The summed E-state index contributed by atoms with van der Waals surface area (Å²) in [5.41, 5.74) is 6.63. The molecule has 1 amide bonds. The lowest BCUT2D eigenvalue weighted by atomic mass is 9.65. The molecule has 0 radical (unpaired) electrons. The fourth-order valence-electron chi connectivity index (χ4n) is 8.76. The summed E-state index contributed by atoms with van der Waals surface area (Å²) >= 11 is 0. The van der Waals surface area contributed by atoms with Crippen molar-refractivity contribution in [1.29, 1.82) is 0 Å². The first-order chi connectivity index (χ1) is 23.4. The number of aliphatic hydroxyl groups excluding tert-OH is 1. The van der Waals surface area contributed by atoms with Crippen LogP contribution in [0.15, 0.2) is 72.8 Å². The van der Waals surface area contributed by atoms with Crippen molar-refractivity contribution < 1.29 is 29.3 Å². The van der Waals surface area contributed by atoms with E-state index in [1.54, 1.807) is 0 Å². The molecule has 3 fully saturated rings. The molecule has 49 heavy (non-hydrogen) atoms. The highest BCUT2D eigenvalue weighted by Gasteiger charge is 2.51. The number of fused-ring (bicyclic) bond motifs is 2. The zero-order valence-corrected chi connectivity index (χ0v) is 29.4. The Morgan fingerprint density at radius 3 is 2.37 bits per heavy atom. The summed E-state index contributed by atoms with van der Waals surface area (Å²) in [6.07, 6.45) is 3.47. The number of carbonyl (C=O) groups excluding carboxylic acids is 1. The lowest BCUT2D eigenvalue weighted by molar-refractivity contribution is -0.276. The van der Waals surface area contributed by atoms with Gasteiger partial charge >= 0.3 is 5.97 Å². The molecule has 3 N–H and O–H groups in total. The summed E-state index contributed by atoms with van der Waals surface area (Å²) < 4.78 is 13.7. The Morgan fingerprint density at radius 1 is 0.898 bits per heavy atom. The van der Waals surface area contributed by atoms with Gasteiger partial charge in [0.05, 0.1) is 18.8 Å². The molecule has 6 rings (SSSR count). The quantitative estimate of drug-likeness (QED) is 0.185. The van der Waals surface area contributed by atoms with Crippen molar-refractivity contribution in [2.45, 2.75) is 104 Å². The molecule has 1 saturated carbocycles. The Balaban J connectivity index is 1.21. The average Bonchev–Trinajstić information content (AvgIpc) is 3.31. The molecule has 8 heteroatoms. The molecule has 2 saturated heterocycles. The van der Waals surface area contributed by atoms with Crippen molar-refractivity contribution in [2.75, 3.05) is 13.1 Å². The van der Waals surface area contributed by atoms with E-state index in [0.717, 1.165) is 46.5 Å². The molecule has 2 aliphatic heterocycles. The first kappa shape index (κ1) is 35.3. The molecule has 0 aromatic heterocycles. The number of likely N-dealkylation sites (tertiary alicyclic amines) is 1. The second-order valence-corrected chi connectivity index (χ2v) is 15.8. The SMILES string of the molecule is CC1C(CN2CC3(C)CC2CC(C)(C)C3)OC(c2cccc(-c3cccc(CNC(=O)CCCC(=O)O)c3)c2)OC1c1ccc(CO)cc1. The Hall–Kier alpha value is -3.56. The van der Waals surface area contributed by atoms with Crippen LogP contribution in [-0.2, 0) is 32.2 Å². The van der Waals surface area contributed by atoms with E-state index >= 15 is 0 Å². The van der Waals surface area contributed by atoms with Gasteiger partial charge in [0.1, 0.15) is 0 Å². The van der Waals surface area contributed by atoms with Crippen LogP contribution in [0.2, 0.25) is 0 Å². The predicted molar refractivity (Wildman–Crippen MR) is 189 cm³/mol. The molecule has 6 unspecified atom stereocenters. The minimum atomic E-state index is -0.892. The zero-order chi connectivity index (χ0) is 34.8. The number of carboxylic acids is 1. The van der Waals surface area contributed by atoms with Gasteiger partial charge in [0.25, 0.3) is 0 Å². The van der Waals surface area contributed by atoms with Crippen molar-refractivity contribution in [2.24, 2.45) is 16.7 Å². The zero-order valence-electron chi connectivity index (χ0n) is 29.4. The van der Waals surface area contributed by atoms with Crippen LogP contribution in [0, 0.1) is 16.7 Å². The number of ether oxygens (including phenoxy) is 2. The minimum absolute atomic E-state index is 0.00827. The molecule has 2 heterocycles. The third kappa shape index (κ3) is 8.61. The number of carbonyl (C=O) groups is 2. The van der Waals surface area contributed by atoms with Crippen molar-refractivity contribution in [3.05, 3.63) is 95.1 Å². The number of aliphatic carboxylic acids is 1. The third-order valence-electron chi connectivity index (χ3n) is 10.8. The molecule has 3 aliphatic rings. The van der Waals surface area contributed by atoms with E-state index in [9.17, 15) is 14.7 Å². The Labute approximate surface area is 290 Å². The van der Waals surface area contributed by atoms with E-state index in [1.165, 1.54) is 19.3 Å². The molecule has 3 aromatic rings. The lowest BCUT2D eigenvalue weighted by Crippen LogP contribution is -2.46. The molecular weight excluding hydrogens is 616 g/mol.